The first-order chi connectivity index (χ1) is 20.0. The first kappa shape index (κ1) is 37.0. The number of benzene rings is 2. The lowest BCUT2D eigenvalue weighted by molar-refractivity contribution is -0.149. The molecule has 0 unspecified atom stereocenters. The lowest BCUT2D eigenvalue weighted by Gasteiger charge is -2.38. The summed E-state index contributed by atoms with van der Waals surface area (Å²) in [5, 5.41) is 0. The molecule has 0 aliphatic heterocycles. The maximum atomic E-state index is 12.5. The van der Waals surface area contributed by atoms with Crippen molar-refractivity contribution in [1.82, 2.24) is 0 Å². The van der Waals surface area contributed by atoms with Gasteiger partial charge in [-0.25, -0.2) is 0 Å². The molecule has 0 saturated heterocycles. The van der Waals surface area contributed by atoms with Crippen molar-refractivity contribution in [2.75, 3.05) is 14.2 Å². The average molecular weight is 658 g/mol. The minimum atomic E-state index is -0.442. The third-order valence-corrected chi connectivity index (χ3v) is 9.72. The van der Waals surface area contributed by atoms with Gasteiger partial charge >= 0.3 is 11.9 Å². The van der Waals surface area contributed by atoms with E-state index in [9.17, 15) is 9.59 Å². The van der Waals surface area contributed by atoms with E-state index in [1.165, 1.54) is 38.2 Å². The van der Waals surface area contributed by atoms with Gasteiger partial charge in [0, 0.05) is 4.47 Å². The van der Waals surface area contributed by atoms with Crippen LogP contribution in [0, 0.1) is 17.8 Å². The molecule has 240 valence electrons. The molecule has 0 heterocycles. The van der Waals surface area contributed by atoms with Gasteiger partial charge in [0.2, 0.25) is 0 Å². The molecule has 0 amide bonds. The summed E-state index contributed by atoms with van der Waals surface area (Å²) in [7, 11) is 2.98. The van der Waals surface area contributed by atoms with Crippen LogP contribution < -0.4 is 0 Å². The molecule has 0 radical (unpaired) electrons. The second-order valence-electron chi connectivity index (χ2n) is 14.8. The minimum absolute atomic E-state index is 0.0168. The van der Waals surface area contributed by atoms with E-state index in [1.54, 1.807) is 0 Å². The van der Waals surface area contributed by atoms with E-state index in [2.05, 4.69) is 125 Å². The van der Waals surface area contributed by atoms with Gasteiger partial charge in [0.15, 0.2) is 0 Å². The predicted octanol–water partition coefficient (Wildman–Crippen LogP) is 10.3. The van der Waals surface area contributed by atoms with Gasteiger partial charge in [-0.15, -0.1) is 0 Å². The van der Waals surface area contributed by atoms with E-state index in [1.807, 2.05) is 0 Å². The minimum Gasteiger partial charge on any atom is -0.469 e. The van der Waals surface area contributed by atoms with Gasteiger partial charge in [0.25, 0.3) is 0 Å². The number of hydrogen-bond donors (Lipinski definition) is 0. The Kier molecular flexibility index (Phi) is 14.0. The topological polar surface area (TPSA) is 52.6 Å². The molecule has 2 saturated carbocycles. The Hall–Kier alpha value is -2.14. The van der Waals surface area contributed by atoms with Crippen LogP contribution in [-0.2, 0) is 35.3 Å². The summed E-state index contributed by atoms with van der Waals surface area (Å²) < 4.78 is 11.0. The Morgan fingerprint density at radius 3 is 1.65 bits per heavy atom. The summed E-state index contributed by atoms with van der Waals surface area (Å²) in [5.74, 6) is 1.61. The van der Waals surface area contributed by atoms with Gasteiger partial charge in [0.1, 0.15) is 0 Å². The molecule has 0 N–H and O–H groups in total. The molecule has 2 aliphatic rings. The van der Waals surface area contributed by atoms with Crippen LogP contribution in [0.15, 0.2) is 53.0 Å². The molecule has 0 spiro atoms. The van der Waals surface area contributed by atoms with Crippen molar-refractivity contribution < 1.29 is 19.1 Å². The summed E-state index contributed by atoms with van der Waals surface area (Å²) in [6, 6.07) is 17.0. The van der Waals surface area contributed by atoms with Gasteiger partial charge in [-0.1, -0.05) is 108 Å². The summed E-state index contributed by atoms with van der Waals surface area (Å²) >= 11 is 3.45. The highest BCUT2D eigenvalue weighted by Crippen LogP contribution is 2.43. The van der Waals surface area contributed by atoms with Crippen molar-refractivity contribution in [3.8, 4) is 0 Å². The second-order valence-corrected chi connectivity index (χ2v) is 15.7. The van der Waals surface area contributed by atoms with Crippen molar-refractivity contribution in [1.29, 1.82) is 0 Å². The van der Waals surface area contributed by atoms with Crippen LogP contribution in [0.25, 0.3) is 0 Å². The molecule has 5 heteroatoms. The summed E-state index contributed by atoms with van der Waals surface area (Å²) in [6.07, 6.45) is 8.38. The number of ether oxygens (including phenoxy) is 2. The van der Waals surface area contributed by atoms with Crippen LogP contribution in [-0.4, -0.2) is 26.2 Å². The number of carbonyl (C=O) groups excluding carboxylic acids is 2. The summed E-state index contributed by atoms with van der Waals surface area (Å²) in [4.78, 5) is 23.6. The first-order valence-corrected chi connectivity index (χ1v) is 16.9. The van der Waals surface area contributed by atoms with Crippen molar-refractivity contribution >= 4 is 27.9 Å². The molecule has 43 heavy (non-hydrogen) atoms. The standard InChI is InChI=1S/C19H28O2.C10H13Br.C9H16O2/c1-14-9-11-19(12-10-14,17(20)21-5)16-8-6-7-15(13-16)18(2,3)4;1-10(2,3)8-5-4-6-9(11)7-8;1-7-3-5-8(6-4-7)9(10)11-2/h6-8,13-14H,9-12H2,1-5H3;4-7H,1-3H3;7-8H,3-6H2,1-2H3. The Morgan fingerprint density at radius 2 is 1.21 bits per heavy atom. The zero-order valence-corrected chi connectivity index (χ0v) is 30.1. The molecule has 2 aromatic carbocycles. The van der Waals surface area contributed by atoms with Crippen LogP contribution >= 0.6 is 15.9 Å². The molecule has 0 bridgehead atoms. The highest BCUT2D eigenvalue weighted by molar-refractivity contribution is 9.10. The third kappa shape index (κ3) is 11.1. The molecule has 0 atom stereocenters. The van der Waals surface area contributed by atoms with Gasteiger partial charge in [-0.2, -0.15) is 0 Å². The lowest BCUT2D eigenvalue weighted by atomic mass is 9.66. The zero-order valence-electron chi connectivity index (χ0n) is 28.5. The lowest BCUT2D eigenvalue weighted by Crippen LogP contribution is -2.40. The second kappa shape index (κ2) is 16.3. The summed E-state index contributed by atoms with van der Waals surface area (Å²) in [5.41, 5.74) is 3.68. The van der Waals surface area contributed by atoms with Crippen LogP contribution in [0.5, 0.6) is 0 Å². The van der Waals surface area contributed by atoms with Crippen LogP contribution in [0.4, 0.5) is 0 Å². The quantitative estimate of drug-likeness (QED) is 0.308. The molecule has 0 aromatic heterocycles. The number of halogens is 1. The monoisotopic (exact) mass is 656 g/mol. The first-order valence-electron chi connectivity index (χ1n) is 16.1. The Morgan fingerprint density at radius 1 is 0.721 bits per heavy atom. The van der Waals surface area contributed by atoms with E-state index in [0.29, 0.717) is 5.92 Å². The van der Waals surface area contributed by atoms with Crippen LogP contribution in [0.3, 0.4) is 0 Å². The van der Waals surface area contributed by atoms with E-state index in [0.717, 1.165) is 54.5 Å². The van der Waals surface area contributed by atoms with Crippen molar-refractivity contribution in [3.05, 3.63) is 69.7 Å². The normalized spacial score (nSPS) is 23.9. The van der Waals surface area contributed by atoms with Gasteiger partial charge < -0.3 is 9.47 Å². The van der Waals surface area contributed by atoms with Gasteiger partial charge in [-0.05, 0) is 103 Å². The third-order valence-electron chi connectivity index (χ3n) is 9.23. The van der Waals surface area contributed by atoms with E-state index in [4.69, 9.17) is 4.74 Å². The zero-order chi connectivity index (χ0) is 32.4. The number of rotatable bonds is 3. The van der Waals surface area contributed by atoms with Crippen LogP contribution in [0.1, 0.15) is 123 Å². The van der Waals surface area contributed by atoms with Crippen LogP contribution in [0.2, 0.25) is 0 Å². The average Bonchev–Trinajstić information content (AvgIpc) is 2.97. The fourth-order valence-corrected chi connectivity index (χ4v) is 6.36. The van der Waals surface area contributed by atoms with Crippen molar-refractivity contribution in [2.45, 2.75) is 123 Å². The number of carbonyl (C=O) groups is 2. The fourth-order valence-electron chi connectivity index (χ4n) is 5.96. The SMILES string of the molecule is CC(C)(C)c1cccc(Br)c1.COC(=O)C1(c2cccc(C(C)(C)C)c2)CCC(C)CC1.COC(=O)C1CCC(C)CC1. The smallest absolute Gasteiger partial charge is 0.316 e. The fraction of sp³-hybridized carbons (Fsp3) is 0.632. The number of esters is 2. The largest absolute Gasteiger partial charge is 0.469 e. The van der Waals surface area contributed by atoms with E-state index in [-0.39, 0.29) is 28.7 Å². The Bertz CT molecular complexity index is 1160. The number of methoxy groups -OCH3 is 2. The van der Waals surface area contributed by atoms with E-state index < -0.39 is 5.41 Å². The highest BCUT2D eigenvalue weighted by atomic mass is 79.9. The predicted molar refractivity (Wildman–Crippen MR) is 182 cm³/mol. The number of hydrogen-bond acceptors (Lipinski definition) is 4. The molecule has 2 fully saturated rings. The van der Waals surface area contributed by atoms with Gasteiger partial charge in [0.05, 0.1) is 25.6 Å². The molecular formula is C38H57BrO4. The molecule has 4 nitrogen and oxygen atoms in total. The van der Waals surface area contributed by atoms with Crippen molar-refractivity contribution in [3.63, 3.8) is 0 Å². The molecule has 4 rings (SSSR count). The molecule has 2 aliphatic carbocycles. The Labute approximate surface area is 270 Å². The van der Waals surface area contributed by atoms with E-state index >= 15 is 0 Å². The highest BCUT2D eigenvalue weighted by Gasteiger charge is 2.44. The maximum absolute atomic E-state index is 12.5. The van der Waals surface area contributed by atoms with Gasteiger partial charge in [-0.3, -0.25) is 9.59 Å². The Balaban J connectivity index is 0.000000247. The maximum Gasteiger partial charge on any atom is 0.316 e. The molecular weight excluding hydrogens is 600 g/mol. The molecule has 2 aromatic rings. The summed E-state index contributed by atoms with van der Waals surface area (Å²) in [6.45, 7) is 17.8. The van der Waals surface area contributed by atoms with Crippen molar-refractivity contribution in [2.24, 2.45) is 17.8 Å².